The van der Waals surface area contributed by atoms with Crippen LogP contribution in [0.2, 0.25) is 0 Å². The molecule has 1 rings (SSSR count). The lowest BCUT2D eigenvalue weighted by molar-refractivity contribution is -0.141. The zero-order valence-corrected chi connectivity index (χ0v) is 10.2. The molecule has 0 unspecified atom stereocenters. The lowest BCUT2D eigenvalue weighted by Gasteiger charge is -2.11. The van der Waals surface area contributed by atoms with Gasteiger partial charge in [0.15, 0.2) is 0 Å². The van der Waals surface area contributed by atoms with E-state index in [1.165, 1.54) is 0 Å². The summed E-state index contributed by atoms with van der Waals surface area (Å²) in [6.45, 7) is 6.74. The molecule has 3 heteroatoms. The van der Waals surface area contributed by atoms with Crippen LogP contribution in [0.4, 0.5) is 5.69 Å². The Balaban J connectivity index is 2.51. The Kier molecular flexibility index (Phi) is 4.83. The largest absolute Gasteiger partial charge is 0.464 e. The van der Waals surface area contributed by atoms with E-state index in [2.05, 4.69) is 5.32 Å². The summed E-state index contributed by atoms with van der Waals surface area (Å²) in [4.78, 5) is 11.3. The molecule has 0 saturated heterocycles. The number of hydrogen-bond acceptors (Lipinski definition) is 3. The molecule has 88 valence electrons. The van der Waals surface area contributed by atoms with Crippen molar-refractivity contribution in [3.63, 3.8) is 0 Å². The maximum atomic E-state index is 11.3. The first-order valence-corrected chi connectivity index (χ1v) is 5.61. The van der Waals surface area contributed by atoms with Gasteiger partial charge >= 0.3 is 5.97 Å². The van der Waals surface area contributed by atoms with Crippen molar-refractivity contribution < 1.29 is 9.53 Å². The Bertz CT molecular complexity index is 341. The second-order valence-corrected chi connectivity index (χ2v) is 3.84. The molecule has 1 aromatic rings. The molecular weight excluding hydrogens is 202 g/mol. The molecule has 16 heavy (non-hydrogen) atoms. The van der Waals surface area contributed by atoms with Crippen LogP contribution in [0, 0.1) is 13.8 Å². The van der Waals surface area contributed by atoms with Crippen LogP contribution in [0.3, 0.4) is 0 Å². The van der Waals surface area contributed by atoms with Gasteiger partial charge in [-0.15, -0.1) is 0 Å². The maximum Gasteiger partial charge on any atom is 0.325 e. The zero-order valence-electron chi connectivity index (χ0n) is 10.2. The second-order valence-electron chi connectivity index (χ2n) is 3.84. The second kappa shape index (κ2) is 6.16. The molecule has 0 aromatic heterocycles. The van der Waals surface area contributed by atoms with Crippen LogP contribution in [-0.2, 0) is 9.53 Å². The highest BCUT2D eigenvalue weighted by molar-refractivity contribution is 5.76. The average Bonchev–Trinajstić information content (AvgIpc) is 2.25. The van der Waals surface area contributed by atoms with E-state index in [1.54, 1.807) is 0 Å². The molecule has 0 amide bonds. The molecule has 0 fully saturated rings. The first-order chi connectivity index (χ1) is 7.65. The lowest BCUT2D eigenvalue weighted by Crippen LogP contribution is -2.18. The third kappa shape index (κ3) is 3.57. The topological polar surface area (TPSA) is 38.3 Å². The molecular formula is C13H19NO2. The summed E-state index contributed by atoms with van der Waals surface area (Å²) in [5.74, 6) is -0.204. The normalized spacial score (nSPS) is 9.94. The van der Waals surface area contributed by atoms with E-state index in [0.717, 1.165) is 23.2 Å². The highest BCUT2D eigenvalue weighted by atomic mass is 16.5. The summed E-state index contributed by atoms with van der Waals surface area (Å²) < 4.78 is 4.99. The molecule has 0 aliphatic heterocycles. The van der Waals surface area contributed by atoms with Crippen molar-refractivity contribution >= 4 is 11.7 Å². The van der Waals surface area contributed by atoms with Gasteiger partial charge in [0.2, 0.25) is 0 Å². The van der Waals surface area contributed by atoms with Crippen molar-refractivity contribution in [3.8, 4) is 0 Å². The number of anilines is 1. The predicted molar refractivity (Wildman–Crippen MR) is 65.7 cm³/mol. The van der Waals surface area contributed by atoms with Gasteiger partial charge in [-0.25, -0.2) is 0 Å². The number of aryl methyl sites for hydroxylation is 2. The molecule has 0 atom stereocenters. The first-order valence-electron chi connectivity index (χ1n) is 5.61. The molecule has 0 aliphatic carbocycles. The van der Waals surface area contributed by atoms with Crippen LogP contribution >= 0.6 is 0 Å². The summed E-state index contributed by atoms with van der Waals surface area (Å²) in [6, 6.07) is 6.05. The van der Waals surface area contributed by atoms with Crippen LogP contribution < -0.4 is 5.32 Å². The van der Waals surface area contributed by atoms with Crippen LogP contribution in [0.5, 0.6) is 0 Å². The molecule has 0 heterocycles. The van der Waals surface area contributed by atoms with Crippen LogP contribution in [0.25, 0.3) is 0 Å². The van der Waals surface area contributed by atoms with Gasteiger partial charge in [0.05, 0.1) is 6.61 Å². The monoisotopic (exact) mass is 221 g/mol. The van der Waals surface area contributed by atoms with E-state index in [-0.39, 0.29) is 12.5 Å². The summed E-state index contributed by atoms with van der Waals surface area (Å²) in [6.07, 6.45) is 0.856. The number of benzene rings is 1. The lowest BCUT2D eigenvalue weighted by atomic mass is 10.1. The molecule has 0 aliphatic rings. The Morgan fingerprint density at radius 1 is 1.31 bits per heavy atom. The van der Waals surface area contributed by atoms with Gasteiger partial charge in [-0.05, 0) is 31.4 Å². The molecule has 0 spiro atoms. The number of nitrogens with one attached hydrogen (secondary N) is 1. The van der Waals surface area contributed by atoms with Gasteiger partial charge in [-0.1, -0.05) is 25.1 Å². The van der Waals surface area contributed by atoms with Crippen molar-refractivity contribution in [2.24, 2.45) is 0 Å². The van der Waals surface area contributed by atoms with Crippen molar-refractivity contribution in [2.45, 2.75) is 27.2 Å². The van der Waals surface area contributed by atoms with E-state index < -0.39 is 0 Å². The highest BCUT2D eigenvalue weighted by Crippen LogP contribution is 2.18. The number of esters is 1. The molecule has 0 saturated carbocycles. The first kappa shape index (κ1) is 12.6. The van der Waals surface area contributed by atoms with E-state index in [0.29, 0.717) is 6.61 Å². The number of carbonyl (C=O) groups is 1. The van der Waals surface area contributed by atoms with E-state index in [9.17, 15) is 4.79 Å². The van der Waals surface area contributed by atoms with Gasteiger partial charge in [-0.3, -0.25) is 4.79 Å². The van der Waals surface area contributed by atoms with Gasteiger partial charge in [-0.2, -0.15) is 0 Å². The standard InChI is InChI=1S/C13H19NO2/c1-4-8-16-12(15)9-14-13-10(2)6-5-7-11(13)3/h5-7,14H,4,8-9H2,1-3H3. The number of para-hydroxylation sites is 1. The molecule has 0 radical (unpaired) electrons. The van der Waals surface area contributed by atoms with Gasteiger partial charge in [0, 0.05) is 5.69 Å². The molecule has 1 aromatic carbocycles. The van der Waals surface area contributed by atoms with Gasteiger partial charge in [0.1, 0.15) is 6.54 Å². The minimum atomic E-state index is -0.204. The Morgan fingerprint density at radius 3 is 2.50 bits per heavy atom. The van der Waals surface area contributed by atoms with Gasteiger partial charge < -0.3 is 10.1 Å². The summed E-state index contributed by atoms with van der Waals surface area (Å²) >= 11 is 0. The SMILES string of the molecule is CCCOC(=O)CNc1c(C)cccc1C. The fourth-order valence-corrected chi connectivity index (χ4v) is 1.52. The van der Waals surface area contributed by atoms with Crippen LogP contribution in [0.1, 0.15) is 24.5 Å². The van der Waals surface area contributed by atoms with Crippen LogP contribution in [-0.4, -0.2) is 19.1 Å². The van der Waals surface area contributed by atoms with E-state index >= 15 is 0 Å². The highest BCUT2D eigenvalue weighted by Gasteiger charge is 2.05. The Hall–Kier alpha value is -1.51. The minimum absolute atomic E-state index is 0.204. The van der Waals surface area contributed by atoms with Gasteiger partial charge in [0.25, 0.3) is 0 Å². The summed E-state index contributed by atoms with van der Waals surface area (Å²) in [7, 11) is 0. The Morgan fingerprint density at radius 2 is 1.94 bits per heavy atom. The zero-order chi connectivity index (χ0) is 12.0. The number of hydrogen-bond donors (Lipinski definition) is 1. The molecule has 1 N–H and O–H groups in total. The maximum absolute atomic E-state index is 11.3. The Labute approximate surface area is 96.8 Å². The number of ether oxygens (including phenoxy) is 1. The number of carbonyl (C=O) groups excluding carboxylic acids is 1. The van der Waals surface area contributed by atoms with E-state index in [1.807, 2.05) is 39.0 Å². The quantitative estimate of drug-likeness (QED) is 0.777. The van der Waals surface area contributed by atoms with Crippen molar-refractivity contribution in [2.75, 3.05) is 18.5 Å². The summed E-state index contributed by atoms with van der Waals surface area (Å²) in [5.41, 5.74) is 3.31. The molecule has 0 bridgehead atoms. The van der Waals surface area contributed by atoms with E-state index in [4.69, 9.17) is 4.74 Å². The average molecular weight is 221 g/mol. The van der Waals surface area contributed by atoms with Crippen LogP contribution in [0.15, 0.2) is 18.2 Å². The predicted octanol–water partition coefficient (Wildman–Crippen LogP) is 2.67. The van der Waals surface area contributed by atoms with Crippen molar-refractivity contribution in [1.82, 2.24) is 0 Å². The smallest absolute Gasteiger partial charge is 0.325 e. The fourth-order valence-electron chi connectivity index (χ4n) is 1.52. The minimum Gasteiger partial charge on any atom is -0.464 e. The fraction of sp³-hybridized carbons (Fsp3) is 0.462. The third-order valence-corrected chi connectivity index (χ3v) is 2.36. The van der Waals surface area contributed by atoms with Crippen molar-refractivity contribution in [1.29, 1.82) is 0 Å². The number of rotatable bonds is 5. The third-order valence-electron chi connectivity index (χ3n) is 2.36. The van der Waals surface area contributed by atoms with Crippen molar-refractivity contribution in [3.05, 3.63) is 29.3 Å². The summed E-state index contributed by atoms with van der Waals surface area (Å²) in [5, 5.41) is 3.12. The molecule has 3 nitrogen and oxygen atoms in total.